The topological polar surface area (TPSA) is 25.2 Å². The first-order valence-corrected chi connectivity index (χ1v) is 7.94. The highest BCUT2D eigenvalue weighted by atomic mass is 31.1. The third-order valence-electron chi connectivity index (χ3n) is 3.02. The molecule has 1 N–H and O–H groups in total. The van der Waals surface area contributed by atoms with Crippen molar-refractivity contribution < 1.29 is 4.42 Å². The molecule has 20 heavy (non-hydrogen) atoms. The van der Waals surface area contributed by atoms with Crippen LogP contribution in [0, 0.1) is 0 Å². The summed E-state index contributed by atoms with van der Waals surface area (Å²) in [4.78, 5) is 0. The minimum absolute atomic E-state index is 0.566. The number of furan rings is 1. The number of rotatable bonds is 5. The largest absolute Gasteiger partial charge is 0.468 e. The monoisotopic (exact) mass is 281 g/mol. The Morgan fingerprint density at radius 2 is 1.35 bits per heavy atom. The van der Waals surface area contributed by atoms with Crippen LogP contribution in [0.4, 0.5) is 0 Å². The van der Waals surface area contributed by atoms with Crippen molar-refractivity contribution >= 4 is 18.7 Å². The Morgan fingerprint density at radius 1 is 0.750 bits per heavy atom. The van der Waals surface area contributed by atoms with E-state index in [1.165, 1.54) is 10.6 Å². The molecule has 0 atom stereocenters. The summed E-state index contributed by atoms with van der Waals surface area (Å²) in [5.41, 5.74) is 0. The molecule has 3 aromatic rings. The molecule has 0 unspecified atom stereocenters. The molecule has 0 saturated heterocycles. The highest BCUT2D eigenvalue weighted by Crippen LogP contribution is 2.28. The van der Waals surface area contributed by atoms with E-state index in [1.807, 2.05) is 12.1 Å². The SMILES string of the molecule is c1ccc(P(NCc2ccco2)c2ccccc2)cc1. The molecule has 3 heteroatoms. The molecule has 2 aromatic carbocycles. The van der Waals surface area contributed by atoms with Gasteiger partial charge in [0.05, 0.1) is 12.8 Å². The van der Waals surface area contributed by atoms with Gasteiger partial charge in [0.15, 0.2) is 0 Å². The fourth-order valence-corrected chi connectivity index (χ4v) is 3.97. The normalized spacial score (nSPS) is 10.8. The Balaban J connectivity index is 1.84. The second-order valence-electron chi connectivity index (χ2n) is 4.42. The lowest BCUT2D eigenvalue weighted by Gasteiger charge is -2.19. The van der Waals surface area contributed by atoms with E-state index in [-0.39, 0.29) is 0 Å². The molecule has 0 fully saturated rings. The molecule has 2 nitrogen and oxygen atoms in total. The van der Waals surface area contributed by atoms with Gasteiger partial charge >= 0.3 is 0 Å². The lowest BCUT2D eigenvalue weighted by molar-refractivity contribution is 0.506. The molecule has 0 aliphatic rings. The third kappa shape index (κ3) is 3.16. The van der Waals surface area contributed by atoms with Gasteiger partial charge in [-0.25, -0.2) is 0 Å². The summed E-state index contributed by atoms with van der Waals surface area (Å²) in [6.45, 7) is 0.739. The maximum atomic E-state index is 5.40. The summed E-state index contributed by atoms with van der Waals surface area (Å²) in [6, 6.07) is 25.1. The molecule has 0 aliphatic carbocycles. The van der Waals surface area contributed by atoms with Gasteiger partial charge in [-0.05, 0) is 22.7 Å². The van der Waals surface area contributed by atoms with Crippen LogP contribution in [0.3, 0.4) is 0 Å². The molecule has 0 saturated carbocycles. The molecule has 100 valence electrons. The Labute approximate surface area is 120 Å². The summed E-state index contributed by atoms with van der Waals surface area (Å²) in [7, 11) is -0.566. The van der Waals surface area contributed by atoms with Gasteiger partial charge in [-0.3, -0.25) is 5.09 Å². The zero-order valence-electron chi connectivity index (χ0n) is 11.1. The summed E-state index contributed by atoms with van der Waals surface area (Å²) in [5, 5.41) is 6.27. The van der Waals surface area contributed by atoms with Crippen molar-refractivity contribution in [2.75, 3.05) is 0 Å². The maximum absolute atomic E-state index is 5.40. The van der Waals surface area contributed by atoms with E-state index in [9.17, 15) is 0 Å². The summed E-state index contributed by atoms with van der Waals surface area (Å²) in [6.07, 6.45) is 1.71. The van der Waals surface area contributed by atoms with E-state index in [1.54, 1.807) is 6.26 Å². The van der Waals surface area contributed by atoms with Gasteiger partial charge in [0.2, 0.25) is 0 Å². The van der Waals surface area contributed by atoms with Crippen LogP contribution in [0.2, 0.25) is 0 Å². The Morgan fingerprint density at radius 3 is 1.85 bits per heavy atom. The van der Waals surface area contributed by atoms with Crippen molar-refractivity contribution in [2.24, 2.45) is 0 Å². The van der Waals surface area contributed by atoms with Crippen LogP contribution < -0.4 is 15.7 Å². The van der Waals surface area contributed by atoms with Crippen LogP contribution in [0.15, 0.2) is 83.5 Å². The van der Waals surface area contributed by atoms with Crippen molar-refractivity contribution in [1.82, 2.24) is 5.09 Å². The Bertz CT molecular complexity index is 583. The van der Waals surface area contributed by atoms with Crippen LogP contribution in [0.25, 0.3) is 0 Å². The van der Waals surface area contributed by atoms with E-state index in [4.69, 9.17) is 4.42 Å². The molecule has 1 aromatic heterocycles. The molecule has 3 rings (SSSR count). The number of nitrogens with one attached hydrogen (secondary N) is 1. The number of hydrogen-bond donors (Lipinski definition) is 1. The minimum Gasteiger partial charge on any atom is -0.468 e. The maximum Gasteiger partial charge on any atom is 0.117 e. The molecule has 1 heterocycles. The highest BCUT2D eigenvalue weighted by molar-refractivity contribution is 7.71. The average molecular weight is 281 g/mol. The third-order valence-corrected chi connectivity index (χ3v) is 5.12. The van der Waals surface area contributed by atoms with Crippen molar-refractivity contribution in [2.45, 2.75) is 6.54 Å². The van der Waals surface area contributed by atoms with Gasteiger partial charge < -0.3 is 4.42 Å². The Hall–Kier alpha value is -1.89. The van der Waals surface area contributed by atoms with Gasteiger partial charge in [0, 0.05) is 8.07 Å². The first kappa shape index (κ1) is 13.1. The number of benzene rings is 2. The first-order chi connectivity index (χ1) is 9.93. The smallest absolute Gasteiger partial charge is 0.117 e. The van der Waals surface area contributed by atoms with Gasteiger partial charge in [0.25, 0.3) is 0 Å². The number of hydrogen-bond acceptors (Lipinski definition) is 2. The molecular weight excluding hydrogens is 265 g/mol. The molecule has 0 bridgehead atoms. The molecule has 0 radical (unpaired) electrons. The van der Waals surface area contributed by atoms with Gasteiger partial charge in [-0.1, -0.05) is 60.7 Å². The standard InChI is InChI=1S/C17H16NOP/c1-3-9-16(10-4-1)20(17-11-5-2-6-12-17)18-14-15-8-7-13-19-15/h1-13,18H,14H2. The van der Waals surface area contributed by atoms with Crippen molar-refractivity contribution in [3.05, 3.63) is 84.8 Å². The molecule has 0 amide bonds. The van der Waals surface area contributed by atoms with E-state index >= 15 is 0 Å². The van der Waals surface area contributed by atoms with Crippen molar-refractivity contribution in [1.29, 1.82) is 0 Å². The van der Waals surface area contributed by atoms with Gasteiger partial charge in [-0.2, -0.15) is 0 Å². The lowest BCUT2D eigenvalue weighted by atomic mass is 10.4. The van der Waals surface area contributed by atoms with E-state index in [0.717, 1.165) is 12.3 Å². The fourth-order valence-electron chi connectivity index (χ4n) is 2.06. The zero-order chi connectivity index (χ0) is 13.6. The van der Waals surface area contributed by atoms with Crippen LogP contribution in [-0.2, 0) is 6.54 Å². The molecule has 0 aliphatic heterocycles. The van der Waals surface area contributed by atoms with E-state index in [0.29, 0.717) is 0 Å². The quantitative estimate of drug-likeness (QED) is 0.725. The summed E-state index contributed by atoms with van der Waals surface area (Å²) in [5.74, 6) is 0.962. The molecule has 0 spiro atoms. The summed E-state index contributed by atoms with van der Waals surface area (Å²) < 4.78 is 5.40. The first-order valence-electron chi connectivity index (χ1n) is 6.59. The van der Waals surface area contributed by atoms with Crippen LogP contribution in [0.5, 0.6) is 0 Å². The second-order valence-corrected chi connectivity index (χ2v) is 6.44. The summed E-state index contributed by atoms with van der Waals surface area (Å²) >= 11 is 0. The van der Waals surface area contributed by atoms with Crippen LogP contribution in [-0.4, -0.2) is 0 Å². The van der Waals surface area contributed by atoms with Crippen LogP contribution in [0.1, 0.15) is 5.76 Å². The minimum atomic E-state index is -0.566. The predicted octanol–water partition coefficient (Wildman–Crippen LogP) is 3.42. The van der Waals surface area contributed by atoms with Crippen LogP contribution >= 0.6 is 8.07 Å². The average Bonchev–Trinajstić information content (AvgIpc) is 3.03. The Kier molecular flexibility index (Phi) is 4.27. The van der Waals surface area contributed by atoms with Crippen molar-refractivity contribution in [3.8, 4) is 0 Å². The van der Waals surface area contributed by atoms with E-state index < -0.39 is 8.07 Å². The highest BCUT2D eigenvalue weighted by Gasteiger charge is 2.13. The fraction of sp³-hybridized carbons (Fsp3) is 0.0588. The predicted molar refractivity (Wildman–Crippen MR) is 84.6 cm³/mol. The second kappa shape index (κ2) is 6.51. The van der Waals surface area contributed by atoms with E-state index in [2.05, 4.69) is 65.8 Å². The van der Waals surface area contributed by atoms with Crippen molar-refractivity contribution in [3.63, 3.8) is 0 Å². The van der Waals surface area contributed by atoms with Gasteiger partial charge in [-0.15, -0.1) is 0 Å². The lowest BCUT2D eigenvalue weighted by Crippen LogP contribution is -2.22. The zero-order valence-corrected chi connectivity index (χ0v) is 12.0. The van der Waals surface area contributed by atoms with Gasteiger partial charge in [0.1, 0.15) is 5.76 Å². The molecular formula is C17H16NOP.